The van der Waals surface area contributed by atoms with Crippen LogP contribution in [0.25, 0.3) is 0 Å². The van der Waals surface area contributed by atoms with Crippen molar-refractivity contribution in [2.75, 3.05) is 13.2 Å². The molecule has 4 aromatic carbocycles. The van der Waals surface area contributed by atoms with Gasteiger partial charge in [-0.1, -0.05) is 127 Å². The number of nitrogens with one attached hydrogen (secondary N) is 1. The maximum atomic E-state index is 13.2. The van der Waals surface area contributed by atoms with Gasteiger partial charge in [0, 0.05) is 12.5 Å². The molecule has 3 saturated heterocycles. The number of hydrogen-bond acceptors (Lipinski definition) is 11. The second-order valence-corrected chi connectivity index (χ2v) is 14.2. The van der Waals surface area contributed by atoms with Gasteiger partial charge in [-0.3, -0.25) is 4.79 Å². The number of aliphatic carboxylic acids is 1. The molecule has 11 atom stereocenters. The number of amides is 1. The molecule has 3 aliphatic rings. The smallest absolute Gasteiger partial charge is 0.335 e. The van der Waals surface area contributed by atoms with E-state index in [9.17, 15) is 14.7 Å². The molecule has 0 radical (unpaired) electrons. The Kier molecular flexibility index (Phi) is 14.4. The highest BCUT2D eigenvalue weighted by atomic mass is 16.8. The molecule has 3 fully saturated rings. The minimum atomic E-state index is -1.57. The zero-order valence-corrected chi connectivity index (χ0v) is 32.2. The predicted molar refractivity (Wildman–Crippen MR) is 209 cm³/mol. The van der Waals surface area contributed by atoms with E-state index in [1.165, 1.54) is 6.92 Å². The fraction of sp³-hybridized carbons (Fsp3) is 0.378. The molecule has 0 aromatic heterocycles. The van der Waals surface area contributed by atoms with Crippen LogP contribution < -0.4 is 5.32 Å². The Labute approximate surface area is 337 Å². The van der Waals surface area contributed by atoms with Crippen molar-refractivity contribution in [3.05, 3.63) is 156 Å². The van der Waals surface area contributed by atoms with Crippen molar-refractivity contribution in [1.82, 2.24) is 5.32 Å². The van der Waals surface area contributed by atoms with Gasteiger partial charge in [-0.2, -0.15) is 0 Å². The summed E-state index contributed by atoms with van der Waals surface area (Å²) in [6, 6.07) is 36.9. The molecule has 2 N–H and O–H groups in total. The van der Waals surface area contributed by atoms with Gasteiger partial charge in [-0.05, 0) is 16.7 Å². The first-order valence-corrected chi connectivity index (χ1v) is 19.4. The maximum absolute atomic E-state index is 13.2. The first-order chi connectivity index (χ1) is 28.4. The van der Waals surface area contributed by atoms with Crippen LogP contribution in [-0.4, -0.2) is 91.5 Å². The first-order valence-electron chi connectivity index (χ1n) is 19.4. The molecule has 3 heterocycles. The summed E-state index contributed by atoms with van der Waals surface area (Å²) in [5.74, 6) is -1.67. The van der Waals surface area contributed by atoms with Gasteiger partial charge >= 0.3 is 5.97 Å². The van der Waals surface area contributed by atoms with E-state index in [1.807, 2.05) is 121 Å². The minimum absolute atomic E-state index is 0.0755. The molecule has 0 bridgehead atoms. The summed E-state index contributed by atoms with van der Waals surface area (Å²) in [6.45, 7) is 5.62. The summed E-state index contributed by atoms with van der Waals surface area (Å²) in [6.07, 6.45) is -9.14. The molecular formula is C45H49NO12. The Morgan fingerprint density at radius 1 is 0.690 bits per heavy atom. The van der Waals surface area contributed by atoms with Crippen molar-refractivity contribution in [3.63, 3.8) is 0 Å². The molecule has 13 nitrogen and oxygen atoms in total. The Bertz CT molecular complexity index is 1890. The summed E-state index contributed by atoms with van der Waals surface area (Å²) in [4.78, 5) is 26.1. The van der Waals surface area contributed by atoms with Crippen LogP contribution in [0, 0.1) is 0 Å². The minimum Gasteiger partial charge on any atom is -0.479 e. The molecule has 7 rings (SSSR count). The highest BCUT2D eigenvalue weighted by Gasteiger charge is 2.57. The van der Waals surface area contributed by atoms with Crippen LogP contribution in [0.2, 0.25) is 0 Å². The molecule has 306 valence electrons. The Hall–Kier alpha value is -4.80. The Balaban J connectivity index is 1.28. The SMILES string of the molecule is C=CCO[C@H]1O[C@@H]2COC(c3ccccc3)O[C@H]2[C@H](O[C@H]2O[C@H](C(=O)O)[C@H](OCc3ccccc3)[C@H](OCc3ccccc3)[C@H]2OCc2ccccc2)[C@H]1NC(C)=O. The normalized spacial score (nSPS) is 29.5. The lowest BCUT2D eigenvalue weighted by molar-refractivity contribution is -0.380. The van der Waals surface area contributed by atoms with Gasteiger partial charge in [0.15, 0.2) is 25.0 Å². The summed E-state index contributed by atoms with van der Waals surface area (Å²) < 4.78 is 58.4. The molecule has 1 unspecified atom stereocenters. The van der Waals surface area contributed by atoms with Crippen molar-refractivity contribution < 1.29 is 57.3 Å². The number of benzene rings is 4. The molecule has 0 aliphatic carbocycles. The summed E-state index contributed by atoms with van der Waals surface area (Å²) in [5.41, 5.74) is 3.29. The van der Waals surface area contributed by atoms with Crippen molar-refractivity contribution in [2.45, 2.75) is 94.4 Å². The molecule has 0 spiro atoms. The lowest BCUT2D eigenvalue weighted by Crippen LogP contribution is -2.70. The monoisotopic (exact) mass is 795 g/mol. The molecule has 13 heteroatoms. The van der Waals surface area contributed by atoms with E-state index < -0.39 is 73.6 Å². The summed E-state index contributed by atoms with van der Waals surface area (Å²) in [7, 11) is 0. The number of rotatable bonds is 17. The molecule has 4 aromatic rings. The standard InChI is InChI=1S/C45H49NO12/c1-3-24-50-44-35(46-29(2)47)37(36-34(55-44)28-54-43(56-36)33-22-14-7-15-23-33)57-45-41(53-27-32-20-12-6-13-21-32)39(52-26-31-18-10-5-11-19-31)38(40(58-45)42(48)49)51-25-30-16-8-4-9-17-30/h3-23,34-41,43-45H,1,24-28H2,2H3,(H,46,47)(H,48,49)/t34-,35-,36-,37-,38-,39+,40+,41-,43?,44+,45+/m1/s1. The number of fused-ring (bicyclic) bond motifs is 1. The highest BCUT2D eigenvalue weighted by Crippen LogP contribution is 2.39. The number of hydrogen-bond donors (Lipinski definition) is 2. The number of carbonyl (C=O) groups excluding carboxylic acids is 1. The van der Waals surface area contributed by atoms with Gasteiger partial charge in [-0.25, -0.2) is 4.79 Å². The second kappa shape index (κ2) is 20.3. The average Bonchev–Trinajstić information content (AvgIpc) is 3.25. The largest absolute Gasteiger partial charge is 0.479 e. The van der Waals surface area contributed by atoms with Crippen molar-refractivity contribution in [3.8, 4) is 0 Å². The maximum Gasteiger partial charge on any atom is 0.335 e. The van der Waals surface area contributed by atoms with Crippen LogP contribution in [0.4, 0.5) is 0 Å². The third-order valence-corrected chi connectivity index (χ3v) is 10.0. The van der Waals surface area contributed by atoms with Crippen LogP contribution in [0.1, 0.15) is 35.5 Å². The van der Waals surface area contributed by atoms with E-state index in [0.29, 0.717) is 0 Å². The fourth-order valence-electron chi connectivity index (χ4n) is 7.33. The zero-order valence-electron chi connectivity index (χ0n) is 32.2. The lowest BCUT2D eigenvalue weighted by atomic mass is 9.94. The molecule has 0 saturated carbocycles. The summed E-state index contributed by atoms with van der Waals surface area (Å²) >= 11 is 0. The number of carboxylic acids is 1. The lowest BCUT2D eigenvalue weighted by Gasteiger charge is -2.51. The van der Waals surface area contributed by atoms with Crippen molar-refractivity contribution >= 4 is 11.9 Å². The number of carboxylic acid groups (broad SMARTS) is 1. The van der Waals surface area contributed by atoms with Gasteiger partial charge in [0.25, 0.3) is 0 Å². The topological polar surface area (TPSA) is 149 Å². The highest BCUT2D eigenvalue weighted by molar-refractivity contribution is 5.74. The quantitative estimate of drug-likeness (QED) is 0.130. The van der Waals surface area contributed by atoms with E-state index in [4.69, 9.17) is 42.6 Å². The van der Waals surface area contributed by atoms with Gasteiger partial charge in [-0.15, -0.1) is 6.58 Å². The van der Waals surface area contributed by atoms with Gasteiger partial charge in [0.05, 0.1) is 33.0 Å². The second-order valence-electron chi connectivity index (χ2n) is 14.2. The van der Waals surface area contributed by atoms with Crippen LogP contribution in [0.3, 0.4) is 0 Å². The predicted octanol–water partition coefficient (Wildman–Crippen LogP) is 5.48. The fourth-order valence-corrected chi connectivity index (χ4v) is 7.33. The number of ether oxygens (including phenoxy) is 9. The molecular weight excluding hydrogens is 746 g/mol. The van der Waals surface area contributed by atoms with Crippen molar-refractivity contribution in [1.29, 1.82) is 0 Å². The molecule has 58 heavy (non-hydrogen) atoms. The van der Waals surface area contributed by atoms with E-state index in [1.54, 1.807) is 6.08 Å². The van der Waals surface area contributed by atoms with Crippen LogP contribution in [0.5, 0.6) is 0 Å². The third kappa shape index (κ3) is 10.4. The van der Waals surface area contributed by atoms with Crippen molar-refractivity contribution in [2.24, 2.45) is 0 Å². The average molecular weight is 796 g/mol. The Morgan fingerprint density at radius 3 is 1.76 bits per heavy atom. The van der Waals surface area contributed by atoms with E-state index in [2.05, 4.69) is 11.9 Å². The molecule has 1 amide bonds. The van der Waals surface area contributed by atoms with Gasteiger partial charge in [0.2, 0.25) is 5.91 Å². The number of carbonyl (C=O) groups is 2. The first kappa shape index (κ1) is 41.4. The van der Waals surface area contributed by atoms with E-state index in [0.717, 1.165) is 22.3 Å². The van der Waals surface area contributed by atoms with E-state index in [-0.39, 0.29) is 38.9 Å². The van der Waals surface area contributed by atoms with Gasteiger partial charge < -0.3 is 53.1 Å². The summed E-state index contributed by atoms with van der Waals surface area (Å²) in [5, 5.41) is 13.7. The van der Waals surface area contributed by atoms with Gasteiger partial charge in [0.1, 0.15) is 42.7 Å². The third-order valence-electron chi connectivity index (χ3n) is 10.0. The Morgan fingerprint density at radius 2 is 1.22 bits per heavy atom. The zero-order chi connectivity index (χ0) is 40.3. The van der Waals surface area contributed by atoms with Crippen LogP contribution in [-0.2, 0) is 72.0 Å². The molecule has 3 aliphatic heterocycles. The van der Waals surface area contributed by atoms with Crippen LogP contribution in [0.15, 0.2) is 134 Å². The van der Waals surface area contributed by atoms with Crippen LogP contribution >= 0.6 is 0 Å². The van der Waals surface area contributed by atoms with E-state index >= 15 is 0 Å².